The highest BCUT2D eigenvalue weighted by Gasteiger charge is 2.44. The summed E-state index contributed by atoms with van der Waals surface area (Å²) in [5, 5.41) is 10.8. The van der Waals surface area contributed by atoms with E-state index in [0.717, 1.165) is 17.8 Å². The lowest BCUT2D eigenvalue weighted by molar-refractivity contribution is -0.252. The van der Waals surface area contributed by atoms with Gasteiger partial charge in [-0.1, -0.05) is 23.9 Å². The molecule has 1 aromatic carbocycles. The number of alkyl halides is 4. The third-order valence-corrected chi connectivity index (χ3v) is 2.52. The molecule has 0 aliphatic heterocycles. The van der Waals surface area contributed by atoms with E-state index in [0.29, 0.717) is 0 Å². The van der Waals surface area contributed by atoms with Gasteiger partial charge in [0.2, 0.25) is 0 Å². The lowest BCUT2D eigenvalue weighted by atomic mass is 10.3. The number of amidine groups is 1. The van der Waals surface area contributed by atoms with E-state index in [9.17, 15) is 17.6 Å². The van der Waals surface area contributed by atoms with E-state index in [4.69, 9.17) is 5.26 Å². The van der Waals surface area contributed by atoms with E-state index >= 15 is 0 Å². The number of nitrogens with zero attached hydrogens (tertiary/aromatic N) is 2. The van der Waals surface area contributed by atoms with Crippen LogP contribution in [0.15, 0.2) is 29.3 Å². The molecular formula is C11H9F4N3OS. The van der Waals surface area contributed by atoms with Gasteiger partial charge in [0.1, 0.15) is 5.69 Å². The SMILES string of the molecule is CSC(=Nc1ccccc1OC(F)(F)C(F)F)NC#N. The molecule has 20 heavy (non-hydrogen) atoms. The number of ether oxygens (including phenoxy) is 1. The Morgan fingerprint density at radius 3 is 2.65 bits per heavy atom. The molecule has 0 spiro atoms. The van der Waals surface area contributed by atoms with Crippen LogP contribution in [-0.2, 0) is 0 Å². The minimum atomic E-state index is -4.62. The molecule has 1 rings (SSSR count). The number of aliphatic imine (C=N–C) groups is 1. The highest BCUT2D eigenvalue weighted by atomic mass is 32.2. The molecule has 0 radical (unpaired) electrons. The topological polar surface area (TPSA) is 57.4 Å². The first-order valence-electron chi connectivity index (χ1n) is 5.12. The van der Waals surface area contributed by atoms with Crippen LogP contribution < -0.4 is 10.1 Å². The van der Waals surface area contributed by atoms with E-state index in [-0.39, 0.29) is 10.9 Å². The average molecular weight is 307 g/mol. The van der Waals surface area contributed by atoms with Gasteiger partial charge in [0.05, 0.1) is 0 Å². The highest BCUT2D eigenvalue weighted by molar-refractivity contribution is 8.13. The second-order valence-corrected chi connectivity index (χ2v) is 4.09. The average Bonchev–Trinajstić information content (AvgIpc) is 2.39. The number of hydrogen-bond donors (Lipinski definition) is 1. The summed E-state index contributed by atoms with van der Waals surface area (Å²) in [4.78, 5) is 3.85. The molecule has 1 N–H and O–H groups in total. The van der Waals surface area contributed by atoms with Crippen molar-refractivity contribution in [2.24, 2.45) is 4.99 Å². The lowest BCUT2D eigenvalue weighted by Gasteiger charge is -2.17. The van der Waals surface area contributed by atoms with Gasteiger partial charge < -0.3 is 4.74 Å². The van der Waals surface area contributed by atoms with Crippen LogP contribution in [0.3, 0.4) is 0 Å². The van der Waals surface area contributed by atoms with Gasteiger partial charge in [-0.2, -0.15) is 22.8 Å². The first-order chi connectivity index (χ1) is 9.40. The Balaban J connectivity index is 3.09. The molecule has 1 aromatic rings. The molecule has 0 heterocycles. The molecule has 0 aromatic heterocycles. The third kappa shape index (κ3) is 4.31. The zero-order valence-electron chi connectivity index (χ0n) is 10.1. The third-order valence-electron chi connectivity index (χ3n) is 1.94. The monoisotopic (exact) mass is 307 g/mol. The van der Waals surface area contributed by atoms with Crippen LogP contribution in [0.5, 0.6) is 5.75 Å². The van der Waals surface area contributed by atoms with Crippen LogP contribution in [-0.4, -0.2) is 24.0 Å². The Kier molecular flexibility index (Phi) is 5.64. The standard InChI is InChI=1S/C11H9F4N3OS/c1-20-10(17-6-16)18-7-4-2-3-5-8(7)19-11(14,15)9(12)13/h2-5,9H,1H3,(H,17,18). The summed E-state index contributed by atoms with van der Waals surface area (Å²) in [7, 11) is 0. The number of rotatable bonds is 4. The molecule has 0 saturated carbocycles. The molecule has 0 fully saturated rings. The number of nitrogens with one attached hydrogen (secondary N) is 1. The van der Waals surface area contributed by atoms with E-state index in [1.807, 2.05) is 0 Å². The van der Waals surface area contributed by atoms with E-state index in [1.165, 1.54) is 18.2 Å². The van der Waals surface area contributed by atoms with Crippen molar-refractivity contribution in [2.75, 3.05) is 6.26 Å². The molecule has 4 nitrogen and oxygen atoms in total. The fourth-order valence-corrected chi connectivity index (χ4v) is 1.45. The predicted octanol–water partition coefficient (Wildman–Crippen LogP) is 3.34. The quantitative estimate of drug-likeness (QED) is 0.305. The van der Waals surface area contributed by atoms with Crippen molar-refractivity contribution in [3.63, 3.8) is 0 Å². The molecule has 0 atom stereocenters. The summed E-state index contributed by atoms with van der Waals surface area (Å²) in [6, 6.07) is 5.19. The zero-order valence-corrected chi connectivity index (χ0v) is 10.9. The Hall–Kier alpha value is -1.95. The van der Waals surface area contributed by atoms with Gasteiger partial charge in [0.15, 0.2) is 17.1 Å². The van der Waals surface area contributed by atoms with Crippen LogP contribution >= 0.6 is 11.8 Å². The fraction of sp³-hybridized carbons (Fsp3) is 0.273. The van der Waals surface area contributed by atoms with Gasteiger partial charge in [-0.05, 0) is 18.4 Å². The highest BCUT2D eigenvalue weighted by Crippen LogP contribution is 2.34. The van der Waals surface area contributed by atoms with Crippen LogP contribution in [0, 0.1) is 11.5 Å². The van der Waals surface area contributed by atoms with Crippen molar-refractivity contribution in [2.45, 2.75) is 12.5 Å². The van der Waals surface area contributed by atoms with Crippen LogP contribution in [0.25, 0.3) is 0 Å². The van der Waals surface area contributed by atoms with Gasteiger partial charge in [0.25, 0.3) is 0 Å². The number of hydrogen-bond acceptors (Lipinski definition) is 4. The number of thioether (sulfide) groups is 1. The first kappa shape index (κ1) is 16.1. The summed E-state index contributed by atoms with van der Waals surface area (Å²) < 4.78 is 54.0. The van der Waals surface area contributed by atoms with Crippen molar-refractivity contribution in [3.05, 3.63) is 24.3 Å². The molecule has 0 unspecified atom stereocenters. The molecule has 9 heteroatoms. The van der Waals surface area contributed by atoms with Crippen molar-refractivity contribution in [3.8, 4) is 11.9 Å². The van der Waals surface area contributed by atoms with Crippen LogP contribution in [0.4, 0.5) is 23.2 Å². The van der Waals surface area contributed by atoms with Gasteiger partial charge in [-0.15, -0.1) is 0 Å². The Morgan fingerprint density at radius 2 is 2.10 bits per heavy atom. The maximum Gasteiger partial charge on any atom is 0.461 e. The Morgan fingerprint density at radius 1 is 1.45 bits per heavy atom. The van der Waals surface area contributed by atoms with Gasteiger partial charge >= 0.3 is 12.5 Å². The number of halogens is 4. The van der Waals surface area contributed by atoms with E-state index in [2.05, 4.69) is 15.0 Å². The van der Waals surface area contributed by atoms with E-state index in [1.54, 1.807) is 12.4 Å². The minimum Gasteiger partial charge on any atom is -0.426 e. The van der Waals surface area contributed by atoms with E-state index < -0.39 is 18.3 Å². The number of nitriles is 1. The predicted molar refractivity (Wildman–Crippen MR) is 67.4 cm³/mol. The Labute approximate surface area is 116 Å². The van der Waals surface area contributed by atoms with Crippen LogP contribution in [0.2, 0.25) is 0 Å². The zero-order chi connectivity index (χ0) is 15.2. The summed E-state index contributed by atoms with van der Waals surface area (Å²) in [5.41, 5.74) is -0.0973. The molecule has 0 aliphatic rings. The summed E-state index contributed by atoms with van der Waals surface area (Å²) in [6.07, 6.45) is -5.37. The molecule has 0 bridgehead atoms. The summed E-state index contributed by atoms with van der Waals surface area (Å²) in [5.74, 6) is -0.510. The normalized spacial score (nSPS) is 12.2. The molecular weight excluding hydrogens is 298 g/mol. The van der Waals surface area contributed by atoms with Crippen LogP contribution in [0.1, 0.15) is 0 Å². The lowest BCUT2D eigenvalue weighted by Crippen LogP contribution is -2.33. The smallest absolute Gasteiger partial charge is 0.426 e. The number of benzene rings is 1. The molecule has 0 saturated heterocycles. The van der Waals surface area contributed by atoms with Gasteiger partial charge in [-0.25, -0.2) is 4.99 Å². The summed E-state index contributed by atoms with van der Waals surface area (Å²) in [6.45, 7) is 0. The maximum atomic E-state index is 12.9. The first-order valence-corrected chi connectivity index (χ1v) is 6.35. The van der Waals surface area contributed by atoms with Gasteiger partial charge in [-0.3, -0.25) is 5.32 Å². The fourth-order valence-electron chi connectivity index (χ4n) is 1.11. The van der Waals surface area contributed by atoms with Crippen molar-refractivity contribution in [1.82, 2.24) is 5.32 Å². The van der Waals surface area contributed by atoms with Crippen molar-refractivity contribution in [1.29, 1.82) is 5.26 Å². The van der Waals surface area contributed by atoms with Crippen molar-refractivity contribution < 1.29 is 22.3 Å². The Bertz CT molecular complexity index is 531. The molecule has 0 amide bonds. The molecule has 0 aliphatic carbocycles. The second-order valence-electron chi connectivity index (χ2n) is 3.29. The number of para-hydroxylation sites is 2. The summed E-state index contributed by atoms with van der Waals surface area (Å²) >= 11 is 1.05. The minimum absolute atomic E-state index is 0.0973. The van der Waals surface area contributed by atoms with Gasteiger partial charge in [0, 0.05) is 0 Å². The largest absolute Gasteiger partial charge is 0.461 e. The van der Waals surface area contributed by atoms with Crippen molar-refractivity contribution >= 4 is 22.6 Å². The maximum absolute atomic E-state index is 12.9. The molecule has 108 valence electrons. The second kappa shape index (κ2) is 7.00.